The van der Waals surface area contributed by atoms with Crippen molar-refractivity contribution in [3.63, 3.8) is 0 Å². The Morgan fingerprint density at radius 3 is 2.80 bits per heavy atom. The van der Waals surface area contributed by atoms with Gasteiger partial charge >= 0.3 is 0 Å². The minimum atomic E-state index is -0.788. The van der Waals surface area contributed by atoms with Gasteiger partial charge in [-0.1, -0.05) is 0 Å². The molecule has 30 heavy (non-hydrogen) atoms. The molecule has 2 aliphatic heterocycles. The third kappa shape index (κ3) is 3.51. The normalized spacial score (nSPS) is 21.8. The van der Waals surface area contributed by atoms with Gasteiger partial charge in [-0.2, -0.15) is 10.2 Å². The van der Waals surface area contributed by atoms with Gasteiger partial charge < -0.3 is 14.5 Å². The van der Waals surface area contributed by atoms with E-state index in [1.54, 1.807) is 33.7 Å². The molecule has 9 nitrogen and oxygen atoms in total. The number of hydrogen-bond donors (Lipinski definition) is 0. The number of nitrogens with zero attached hydrogens (tertiary/aromatic N) is 6. The fourth-order valence-electron chi connectivity index (χ4n) is 4.03. The van der Waals surface area contributed by atoms with Crippen molar-refractivity contribution in [1.82, 2.24) is 29.4 Å². The van der Waals surface area contributed by atoms with Gasteiger partial charge in [0.25, 0.3) is 11.8 Å². The van der Waals surface area contributed by atoms with Crippen molar-refractivity contribution in [1.29, 1.82) is 0 Å². The lowest BCUT2D eigenvalue weighted by Crippen LogP contribution is -2.53. The van der Waals surface area contributed by atoms with Gasteiger partial charge in [0.15, 0.2) is 5.83 Å². The summed E-state index contributed by atoms with van der Waals surface area (Å²) in [6.45, 7) is 5.32. The smallest absolute Gasteiger partial charge is 0.282 e. The highest BCUT2D eigenvalue weighted by molar-refractivity contribution is 6.00. The van der Waals surface area contributed by atoms with Crippen LogP contribution in [0.5, 0.6) is 0 Å². The van der Waals surface area contributed by atoms with Crippen LogP contribution >= 0.6 is 0 Å². The van der Waals surface area contributed by atoms with E-state index in [-0.39, 0.29) is 24.6 Å². The van der Waals surface area contributed by atoms with Crippen LogP contribution in [0.25, 0.3) is 11.3 Å². The van der Waals surface area contributed by atoms with E-state index in [1.165, 1.54) is 11.8 Å². The van der Waals surface area contributed by atoms with Gasteiger partial charge in [0.05, 0.1) is 30.5 Å². The van der Waals surface area contributed by atoms with Crippen LogP contribution in [-0.4, -0.2) is 79.6 Å². The fraction of sp³-hybridized carbons (Fsp3) is 0.500. The van der Waals surface area contributed by atoms with E-state index in [0.29, 0.717) is 37.5 Å². The average Bonchev–Trinajstić information content (AvgIpc) is 3.48. The highest BCUT2D eigenvalue weighted by atomic mass is 19.1. The van der Waals surface area contributed by atoms with Crippen molar-refractivity contribution < 1.29 is 18.7 Å². The van der Waals surface area contributed by atoms with Gasteiger partial charge in [0.1, 0.15) is 5.69 Å². The molecular formula is C20H25FN6O3. The summed E-state index contributed by atoms with van der Waals surface area (Å²) in [5.41, 5.74) is 1.80. The molecule has 0 aromatic carbocycles. The van der Waals surface area contributed by atoms with Gasteiger partial charge in [-0.15, -0.1) is 0 Å². The Hall–Kier alpha value is -3.01. The lowest BCUT2D eigenvalue weighted by atomic mass is 10.1. The molecule has 0 aliphatic carbocycles. The number of morpholine rings is 1. The second-order valence-corrected chi connectivity index (χ2v) is 7.47. The first kappa shape index (κ1) is 20.3. The second-order valence-electron chi connectivity index (χ2n) is 7.47. The maximum atomic E-state index is 13.9. The number of aryl methyl sites for hydroxylation is 2. The number of allylic oxidation sites excluding steroid dienone is 1. The first-order chi connectivity index (χ1) is 14.4. The third-order valence-corrected chi connectivity index (χ3v) is 5.60. The molecule has 0 radical (unpaired) electrons. The van der Waals surface area contributed by atoms with Crippen molar-refractivity contribution in [2.75, 3.05) is 26.2 Å². The number of halogens is 1. The first-order valence-corrected chi connectivity index (χ1v) is 10.0. The molecule has 4 heterocycles. The minimum absolute atomic E-state index is 0.189. The summed E-state index contributed by atoms with van der Waals surface area (Å²) in [5, 5.41) is 8.71. The maximum absolute atomic E-state index is 13.9. The van der Waals surface area contributed by atoms with E-state index in [0.717, 1.165) is 11.6 Å². The Labute approximate surface area is 173 Å². The van der Waals surface area contributed by atoms with Crippen LogP contribution in [0.3, 0.4) is 0 Å². The predicted molar refractivity (Wildman–Crippen MR) is 106 cm³/mol. The Kier molecular flexibility index (Phi) is 5.42. The number of ether oxygens (including phenoxy) is 1. The zero-order valence-corrected chi connectivity index (χ0v) is 17.3. The molecule has 0 spiro atoms. The maximum Gasteiger partial charge on any atom is 0.282 e. The molecular weight excluding hydrogens is 391 g/mol. The van der Waals surface area contributed by atoms with Gasteiger partial charge in [-0.05, 0) is 19.9 Å². The molecule has 2 saturated heterocycles. The van der Waals surface area contributed by atoms with E-state index in [2.05, 4.69) is 10.2 Å². The van der Waals surface area contributed by atoms with Crippen molar-refractivity contribution in [2.45, 2.75) is 32.5 Å². The van der Waals surface area contributed by atoms with E-state index in [9.17, 15) is 14.0 Å². The SMILES string of the molecule is C/C=C(\F)C(=O)N1CCO[C@H]2CN(C(=O)c3cn(CC)nc3-c3cnn(C)c3)C[C@H]21. The molecule has 160 valence electrons. The number of amides is 2. The van der Waals surface area contributed by atoms with Gasteiger partial charge in [0, 0.05) is 51.2 Å². The van der Waals surface area contributed by atoms with Crippen LogP contribution in [0.4, 0.5) is 4.39 Å². The van der Waals surface area contributed by atoms with E-state index >= 15 is 0 Å². The van der Waals surface area contributed by atoms with Gasteiger partial charge in [-0.25, -0.2) is 4.39 Å². The van der Waals surface area contributed by atoms with Gasteiger partial charge in [-0.3, -0.25) is 19.0 Å². The summed E-state index contributed by atoms with van der Waals surface area (Å²) >= 11 is 0. The summed E-state index contributed by atoms with van der Waals surface area (Å²) in [4.78, 5) is 28.9. The molecule has 10 heteroatoms. The number of aromatic nitrogens is 4. The van der Waals surface area contributed by atoms with Gasteiger partial charge in [0.2, 0.25) is 0 Å². The summed E-state index contributed by atoms with van der Waals surface area (Å²) in [5.74, 6) is -1.63. The molecule has 0 N–H and O–H groups in total. The minimum Gasteiger partial charge on any atom is -0.372 e. The quantitative estimate of drug-likeness (QED) is 0.700. The number of likely N-dealkylation sites (tertiary alicyclic amines) is 1. The molecule has 4 rings (SSSR count). The topological polar surface area (TPSA) is 85.5 Å². The zero-order valence-electron chi connectivity index (χ0n) is 17.3. The average molecular weight is 416 g/mol. The lowest BCUT2D eigenvalue weighted by Gasteiger charge is -2.36. The zero-order chi connectivity index (χ0) is 21.4. The van der Waals surface area contributed by atoms with Crippen molar-refractivity contribution in [3.05, 3.63) is 36.1 Å². The van der Waals surface area contributed by atoms with Crippen molar-refractivity contribution in [2.24, 2.45) is 7.05 Å². The highest BCUT2D eigenvalue weighted by Gasteiger charge is 2.44. The number of carbonyl (C=O) groups is 2. The van der Waals surface area contributed by atoms with E-state index < -0.39 is 11.7 Å². The lowest BCUT2D eigenvalue weighted by molar-refractivity contribution is -0.140. The van der Waals surface area contributed by atoms with Crippen molar-refractivity contribution >= 4 is 11.8 Å². The fourth-order valence-corrected chi connectivity index (χ4v) is 4.03. The number of carbonyl (C=O) groups excluding carboxylic acids is 2. The van der Waals surface area contributed by atoms with E-state index in [4.69, 9.17) is 4.74 Å². The Morgan fingerprint density at radius 1 is 1.33 bits per heavy atom. The summed E-state index contributed by atoms with van der Waals surface area (Å²) in [7, 11) is 1.81. The molecule has 0 saturated carbocycles. The molecule has 2 aromatic rings. The number of hydrogen-bond acceptors (Lipinski definition) is 5. The monoisotopic (exact) mass is 416 g/mol. The third-order valence-electron chi connectivity index (χ3n) is 5.60. The Morgan fingerprint density at radius 2 is 2.13 bits per heavy atom. The van der Waals surface area contributed by atoms with Crippen LogP contribution < -0.4 is 0 Å². The Balaban J connectivity index is 1.60. The largest absolute Gasteiger partial charge is 0.372 e. The molecule has 0 unspecified atom stereocenters. The van der Waals surface area contributed by atoms with E-state index in [1.807, 2.05) is 13.1 Å². The molecule has 0 bridgehead atoms. The molecule has 2 amide bonds. The van der Waals surface area contributed by atoms with Crippen LogP contribution in [0.1, 0.15) is 24.2 Å². The second kappa shape index (κ2) is 8.02. The van der Waals surface area contributed by atoms with Crippen LogP contribution in [0.2, 0.25) is 0 Å². The molecule has 2 fully saturated rings. The molecule has 2 atom stereocenters. The molecule has 2 aromatic heterocycles. The summed E-state index contributed by atoms with van der Waals surface area (Å²) < 4.78 is 23.1. The van der Waals surface area contributed by atoms with Crippen molar-refractivity contribution in [3.8, 4) is 11.3 Å². The Bertz CT molecular complexity index is 997. The molecule has 2 aliphatic rings. The first-order valence-electron chi connectivity index (χ1n) is 10.0. The number of fused-ring (bicyclic) bond motifs is 1. The summed E-state index contributed by atoms with van der Waals surface area (Å²) in [6, 6.07) is -0.371. The van der Waals surface area contributed by atoms with Crippen LogP contribution in [0, 0.1) is 0 Å². The highest BCUT2D eigenvalue weighted by Crippen LogP contribution is 2.28. The summed E-state index contributed by atoms with van der Waals surface area (Å²) in [6.07, 6.45) is 6.04. The standard InChI is InChI=1S/C20H25FN6O3/c1-4-15(21)20(29)27-6-7-30-17-12-25(11-16(17)27)19(28)14-10-26(5-2)23-18(14)13-8-22-24(3)9-13/h4,8-10,16-17H,5-7,11-12H2,1-3H3/b15-4-/t16-,17+/m1/s1. The van der Waals surface area contributed by atoms with Crippen LogP contribution in [-0.2, 0) is 23.1 Å². The van der Waals surface area contributed by atoms with Crippen LogP contribution in [0.15, 0.2) is 30.5 Å². The predicted octanol–water partition coefficient (Wildman–Crippen LogP) is 1.23. The number of rotatable bonds is 4.